The molecule has 1 amide bonds. The Labute approximate surface area is 176 Å². The Hall–Kier alpha value is -2.91. The van der Waals surface area contributed by atoms with E-state index in [0.29, 0.717) is 18.0 Å². The first-order chi connectivity index (χ1) is 14.2. The molecule has 146 valence electrons. The van der Waals surface area contributed by atoms with Gasteiger partial charge in [0.1, 0.15) is 6.04 Å². The first-order valence-electron chi connectivity index (χ1n) is 9.96. The number of fused-ring (bicyclic) bond motifs is 1. The van der Waals surface area contributed by atoms with Gasteiger partial charge in [-0.05, 0) is 30.2 Å². The summed E-state index contributed by atoms with van der Waals surface area (Å²) in [4.78, 5) is 20.4. The maximum atomic E-state index is 13.6. The van der Waals surface area contributed by atoms with Gasteiger partial charge in [-0.25, -0.2) is 0 Å². The smallest absolute Gasteiger partial charge is 0.252 e. The molecule has 3 nitrogen and oxygen atoms in total. The van der Waals surface area contributed by atoms with Gasteiger partial charge < -0.3 is 4.90 Å². The first-order valence-corrected chi connectivity index (χ1v) is 10.3. The molecule has 0 saturated heterocycles. The van der Waals surface area contributed by atoms with Crippen molar-refractivity contribution in [1.82, 2.24) is 0 Å². The molecule has 0 bridgehead atoms. The fraction of sp³-hybridized carbons (Fsp3) is 0.200. The maximum absolute atomic E-state index is 13.6. The van der Waals surface area contributed by atoms with Crippen molar-refractivity contribution in [2.45, 2.75) is 32.4 Å². The Kier molecular flexibility index (Phi) is 5.77. The van der Waals surface area contributed by atoms with Crippen LogP contribution >= 0.6 is 11.6 Å². The van der Waals surface area contributed by atoms with Gasteiger partial charge in [0.05, 0.1) is 17.9 Å². The number of carbonyl (C=O) groups excluding carboxylic acids is 1. The van der Waals surface area contributed by atoms with Crippen molar-refractivity contribution in [2.24, 2.45) is 4.99 Å². The van der Waals surface area contributed by atoms with Gasteiger partial charge in [-0.2, -0.15) is 0 Å². The summed E-state index contributed by atoms with van der Waals surface area (Å²) in [6.45, 7) is 2.59. The number of halogens is 1. The van der Waals surface area contributed by atoms with E-state index < -0.39 is 6.04 Å². The number of anilines is 1. The van der Waals surface area contributed by atoms with E-state index in [1.54, 1.807) is 0 Å². The molecule has 4 heteroatoms. The molecule has 0 N–H and O–H groups in total. The average molecular weight is 403 g/mol. The quantitative estimate of drug-likeness (QED) is 0.523. The summed E-state index contributed by atoms with van der Waals surface area (Å²) in [5.41, 5.74) is 4.65. The van der Waals surface area contributed by atoms with E-state index in [9.17, 15) is 4.79 Å². The van der Waals surface area contributed by atoms with Crippen molar-refractivity contribution < 1.29 is 4.79 Å². The van der Waals surface area contributed by atoms with Crippen LogP contribution in [-0.2, 0) is 11.3 Å². The summed E-state index contributed by atoms with van der Waals surface area (Å²) in [7, 11) is 0. The van der Waals surface area contributed by atoms with E-state index in [-0.39, 0.29) is 5.91 Å². The third-order valence-electron chi connectivity index (χ3n) is 5.13. The predicted molar refractivity (Wildman–Crippen MR) is 120 cm³/mol. The lowest BCUT2D eigenvalue weighted by Gasteiger charge is -2.25. The normalized spacial score (nSPS) is 16.2. The summed E-state index contributed by atoms with van der Waals surface area (Å²) >= 11 is 6.37. The molecule has 0 aliphatic carbocycles. The molecule has 29 heavy (non-hydrogen) atoms. The van der Waals surface area contributed by atoms with Gasteiger partial charge in [-0.15, -0.1) is 0 Å². The van der Waals surface area contributed by atoms with E-state index in [0.717, 1.165) is 34.5 Å². The largest absolute Gasteiger partial charge is 0.305 e. The molecule has 0 aromatic heterocycles. The van der Waals surface area contributed by atoms with Crippen LogP contribution in [0.4, 0.5) is 5.69 Å². The van der Waals surface area contributed by atoms with Crippen LogP contribution in [0.3, 0.4) is 0 Å². The molecule has 1 atom stereocenters. The second-order valence-corrected chi connectivity index (χ2v) is 7.66. The molecule has 0 radical (unpaired) electrons. The fourth-order valence-corrected chi connectivity index (χ4v) is 3.90. The van der Waals surface area contributed by atoms with Crippen LogP contribution in [0.15, 0.2) is 83.9 Å². The summed E-state index contributed by atoms with van der Waals surface area (Å²) in [5, 5.41) is 0.633. The zero-order valence-electron chi connectivity index (χ0n) is 16.4. The predicted octanol–water partition coefficient (Wildman–Crippen LogP) is 5.89. The zero-order valence-corrected chi connectivity index (χ0v) is 17.1. The minimum Gasteiger partial charge on any atom is -0.305 e. The minimum absolute atomic E-state index is 0.0326. The SMILES string of the molecule is CCCC1N=C(c2ccccc2)c2cc(Cl)ccc2N(Cc2ccccc2)C1=O. The van der Waals surface area contributed by atoms with Gasteiger partial charge in [0.15, 0.2) is 0 Å². The van der Waals surface area contributed by atoms with Gasteiger partial charge in [0.2, 0.25) is 0 Å². The number of rotatable bonds is 5. The minimum atomic E-state index is -0.412. The molecule has 0 fully saturated rings. The van der Waals surface area contributed by atoms with Crippen molar-refractivity contribution >= 4 is 28.9 Å². The molecule has 0 saturated carbocycles. The van der Waals surface area contributed by atoms with Crippen LogP contribution in [0.1, 0.15) is 36.5 Å². The number of hydrogen-bond donors (Lipinski definition) is 0. The maximum Gasteiger partial charge on any atom is 0.252 e. The fourth-order valence-electron chi connectivity index (χ4n) is 3.73. The Bertz CT molecular complexity index is 1030. The summed E-state index contributed by atoms with van der Waals surface area (Å²) < 4.78 is 0. The Morgan fingerprint density at radius 3 is 2.34 bits per heavy atom. The number of amides is 1. The van der Waals surface area contributed by atoms with Gasteiger partial charge in [0.25, 0.3) is 5.91 Å². The zero-order chi connectivity index (χ0) is 20.2. The van der Waals surface area contributed by atoms with Gasteiger partial charge in [-0.3, -0.25) is 9.79 Å². The highest BCUT2D eigenvalue weighted by Crippen LogP contribution is 2.32. The van der Waals surface area contributed by atoms with E-state index in [4.69, 9.17) is 16.6 Å². The molecule has 3 aromatic carbocycles. The first kappa shape index (κ1) is 19.4. The van der Waals surface area contributed by atoms with Crippen molar-refractivity contribution in [2.75, 3.05) is 4.90 Å². The number of hydrogen-bond acceptors (Lipinski definition) is 2. The van der Waals surface area contributed by atoms with Crippen molar-refractivity contribution in [3.8, 4) is 0 Å². The van der Waals surface area contributed by atoms with Crippen LogP contribution in [0, 0.1) is 0 Å². The van der Waals surface area contributed by atoms with E-state index >= 15 is 0 Å². The Morgan fingerprint density at radius 2 is 1.66 bits per heavy atom. The van der Waals surface area contributed by atoms with Crippen LogP contribution in [-0.4, -0.2) is 17.7 Å². The van der Waals surface area contributed by atoms with Crippen LogP contribution < -0.4 is 4.90 Å². The molecular weight excluding hydrogens is 380 g/mol. The highest BCUT2D eigenvalue weighted by molar-refractivity contribution is 6.32. The topological polar surface area (TPSA) is 32.7 Å². The molecule has 4 rings (SSSR count). The van der Waals surface area contributed by atoms with E-state index in [1.807, 2.05) is 83.8 Å². The highest BCUT2D eigenvalue weighted by Gasteiger charge is 2.31. The number of benzodiazepines with no additional fused rings is 1. The number of nitrogens with zero attached hydrogens (tertiary/aromatic N) is 2. The molecular formula is C25H23ClN2O. The van der Waals surface area contributed by atoms with Crippen molar-refractivity contribution in [3.05, 3.63) is 101 Å². The third-order valence-corrected chi connectivity index (χ3v) is 5.37. The van der Waals surface area contributed by atoms with Gasteiger partial charge in [-0.1, -0.05) is 85.6 Å². The number of aliphatic imine (C=N–C) groups is 1. The Morgan fingerprint density at radius 1 is 0.966 bits per heavy atom. The second kappa shape index (κ2) is 8.62. The monoisotopic (exact) mass is 402 g/mol. The Balaban J connectivity index is 1.89. The van der Waals surface area contributed by atoms with Crippen LogP contribution in [0.2, 0.25) is 5.02 Å². The second-order valence-electron chi connectivity index (χ2n) is 7.22. The lowest BCUT2D eigenvalue weighted by atomic mass is 10.00. The highest BCUT2D eigenvalue weighted by atomic mass is 35.5. The third kappa shape index (κ3) is 4.10. The number of carbonyl (C=O) groups is 1. The molecule has 3 aromatic rings. The lowest BCUT2D eigenvalue weighted by Crippen LogP contribution is -2.37. The summed E-state index contributed by atoms with van der Waals surface area (Å²) in [6, 6.07) is 25.4. The van der Waals surface area contributed by atoms with Crippen molar-refractivity contribution in [3.63, 3.8) is 0 Å². The lowest BCUT2D eigenvalue weighted by molar-refractivity contribution is -0.120. The summed E-state index contributed by atoms with van der Waals surface area (Å²) in [6.07, 6.45) is 1.60. The molecule has 1 aliphatic rings. The molecule has 0 spiro atoms. The van der Waals surface area contributed by atoms with E-state index in [2.05, 4.69) is 6.92 Å². The van der Waals surface area contributed by atoms with Crippen LogP contribution in [0.25, 0.3) is 0 Å². The summed E-state index contributed by atoms with van der Waals surface area (Å²) in [5.74, 6) is 0.0326. The molecule has 1 heterocycles. The van der Waals surface area contributed by atoms with Gasteiger partial charge in [0, 0.05) is 16.1 Å². The van der Waals surface area contributed by atoms with Crippen LogP contribution in [0.5, 0.6) is 0 Å². The van der Waals surface area contributed by atoms with Crippen molar-refractivity contribution in [1.29, 1.82) is 0 Å². The van der Waals surface area contributed by atoms with Gasteiger partial charge >= 0.3 is 0 Å². The number of benzene rings is 3. The van der Waals surface area contributed by atoms with E-state index in [1.165, 1.54) is 0 Å². The average Bonchev–Trinajstić information content (AvgIpc) is 2.86. The standard InChI is InChI=1S/C25H23ClN2O/c1-2-9-22-25(29)28(17-18-10-5-3-6-11-18)23-15-14-20(26)16-21(23)24(27-22)19-12-7-4-8-13-19/h3-8,10-16,22H,2,9,17H2,1H3. The molecule has 1 unspecified atom stereocenters. The molecule has 1 aliphatic heterocycles.